The Labute approximate surface area is 98.2 Å². The molecule has 0 aromatic heterocycles. The molecular weight excluding hydrogens is 224 g/mol. The highest BCUT2D eigenvalue weighted by molar-refractivity contribution is 5.64. The Bertz CT molecular complexity index is 485. The second kappa shape index (κ2) is 3.59. The van der Waals surface area contributed by atoms with Crippen LogP contribution in [-0.4, -0.2) is 21.7 Å². The first-order chi connectivity index (χ1) is 7.81. The second-order valence-electron chi connectivity index (χ2n) is 4.70. The van der Waals surface area contributed by atoms with Gasteiger partial charge in [-0.15, -0.1) is 0 Å². The van der Waals surface area contributed by atoms with Crippen LogP contribution in [0.4, 0.5) is 11.4 Å². The van der Waals surface area contributed by atoms with Crippen molar-refractivity contribution in [3.63, 3.8) is 0 Å². The van der Waals surface area contributed by atoms with Crippen molar-refractivity contribution < 1.29 is 14.8 Å². The minimum Gasteiger partial charge on any atom is -0.485 e. The maximum atomic E-state index is 10.8. The molecule has 1 unspecified atom stereocenters. The fourth-order valence-electron chi connectivity index (χ4n) is 1.85. The summed E-state index contributed by atoms with van der Waals surface area (Å²) in [6, 6.07) is 2.81. The van der Waals surface area contributed by atoms with Crippen LogP contribution in [0.1, 0.15) is 19.4 Å². The van der Waals surface area contributed by atoms with Crippen molar-refractivity contribution in [2.75, 3.05) is 5.73 Å². The van der Waals surface area contributed by atoms with Gasteiger partial charge >= 0.3 is 0 Å². The van der Waals surface area contributed by atoms with Gasteiger partial charge in [-0.25, -0.2) is 0 Å². The number of nitrogens with two attached hydrogens (primary N) is 1. The SMILES string of the molecule is CC1(C)Oc2cc([N+](=O)[O-])c(N)cc2CC1O. The zero-order valence-electron chi connectivity index (χ0n) is 9.64. The highest BCUT2D eigenvalue weighted by atomic mass is 16.6. The minimum atomic E-state index is -0.753. The van der Waals surface area contributed by atoms with E-state index in [4.69, 9.17) is 10.5 Å². The standard InChI is InChI=1S/C11H14N2O4/c1-11(2)10(14)4-6-3-7(12)8(13(15)16)5-9(6)17-11/h3,5,10,14H,4,12H2,1-2H3. The summed E-state index contributed by atoms with van der Waals surface area (Å²) in [5.74, 6) is 0.418. The van der Waals surface area contributed by atoms with Gasteiger partial charge in [0.25, 0.3) is 5.69 Å². The van der Waals surface area contributed by atoms with Crippen LogP contribution in [0.15, 0.2) is 12.1 Å². The molecule has 0 radical (unpaired) electrons. The summed E-state index contributed by atoms with van der Waals surface area (Å²) in [4.78, 5) is 10.2. The Morgan fingerprint density at radius 1 is 1.59 bits per heavy atom. The van der Waals surface area contributed by atoms with Crippen LogP contribution in [0.3, 0.4) is 0 Å². The van der Waals surface area contributed by atoms with E-state index in [1.54, 1.807) is 13.8 Å². The molecule has 1 atom stereocenters. The summed E-state index contributed by atoms with van der Waals surface area (Å²) in [6.07, 6.45) is -0.277. The molecule has 17 heavy (non-hydrogen) atoms. The predicted molar refractivity (Wildman–Crippen MR) is 61.9 cm³/mol. The summed E-state index contributed by atoms with van der Waals surface area (Å²) in [6.45, 7) is 3.48. The van der Waals surface area contributed by atoms with Gasteiger partial charge in [0.1, 0.15) is 17.0 Å². The van der Waals surface area contributed by atoms with Gasteiger partial charge in [-0.3, -0.25) is 10.1 Å². The van der Waals surface area contributed by atoms with E-state index in [0.29, 0.717) is 17.7 Å². The van der Waals surface area contributed by atoms with Gasteiger partial charge < -0.3 is 15.6 Å². The smallest absolute Gasteiger partial charge is 0.295 e. The number of aliphatic hydroxyl groups is 1. The third kappa shape index (κ3) is 1.91. The van der Waals surface area contributed by atoms with Crippen LogP contribution in [0.25, 0.3) is 0 Å². The topological polar surface area (TPSA) is 98.6 Å². The molecule has 1 aromatic carbocycles. The van der Waals surface area contributed by atoms with Crippen molar-refractivity contribution in [2.24, 2.45) is 0 Å². The van der Waals surface area contributed by atoms with Crippen LogP contribution >= 0.6 is 0 Å². The molecule has 0 spiro atoms. The van der Waals surface area contributed by atoms with E-state index in [1.165, 1.54) is 12.1 Å². The Morgan fingerprint density at radius 3 is 2.82 bits per heavy atom. The number of nitro groups is 1. The van der Waals surface area contributed by atoms with Gasteiger partial charge in [0, 0.05) is 6.42 Å². The highest BCUT2D eigenvalue weighted by Gasteiger charge is 2.36. The van der Waals surface area contributed by atoms with Gasteiger partial charge in [-0.2, -0.15) is 0 Å². The van der Waals surface area contributed by atoms with Crippen LogP contribution in [0, 0.1) is 10.1 Å². The predicted octanol–water partition coefficient (Wildman–Crippen LogP) is 1.25. The zero-order chi connectivity index (χ0) is 12.8. The maximum absolute atomic E-state index is 10.8. The Kier molecular flexibility index (Phi) is 2.46. The molecule has 3 N–H and O–H groups in total. The van der Waals surface area contributed by atoms with E-state index in [9.17, 15) is 15.2 Å². The van der Waals surface area contributed by atoms with E-state index in [1.807, 2.05) is 0 Å². The lowest BCUT2D eigenvalue weighted by Gasteiger charge is -2.36. The monoisotopic (exact) mass is 238 g/mol. The van der Waals surface area contributed by atoms with Crippen molar-refractivity contribution in [1.82, 2.24) is 0 Å². The average Bonchev–Trinajstić information content (AvgIpc) is 2.19. The van der Waals surface area contributed by atoms with Crippen molar-refractivity contribution in [3.8, 4) is 5.75 Å². The third-order valence-electron chi connectivity index (χ3n) is 3.00. The van der Waals surface area contributed by atoms with Crippen LogP contribution < -0.4 is 10.5 Å². The molecule has 1 aromatic rings. The summed E-state index contributed by atoms with van der Waals surface area (Å²) in [5.41, 5.74) is 5.44. The van der Waals surface area contributed by atoms with Crippen LogP contribution in [-0.2, 0) is 6.42 Å². The van der Waals surface area contributed by atoms with Crippen molar-refractivity contribution in [1.29, 1.82) is 0 Å². The molecule has 92 valence electrons. The molecule has 1 aliphatic heterocycles. The molecule has 1 heterocycles. The number of anilines is 1. The maximum Gasteiger partial charge on any atom is 0.295 e. The van der Waals surface area contributed by atoms with Crippen LogP contribution in [0.5, 0.6) is 5.75 Å². The molecule has 0 aliphatic carbocycles. The number of hydrogen-bond donors (Lipinski definition) is 2. The number of rotatable bonds is 1. The first kappa shape index (κ1) is 11.7. The largest absolute Gasteiger partial charge is 0.485 e. The number of hydrogen-bond acceptors (Lipinski definition) is 5. The van der Waals surface area contributed by atoms with E-state index >= 15 is 0 Å². The van der Waals surface area contributed by atoms with Gasteiger partial charge in [-0.05, 0) is 25.5 Å². The molecule has 2 rings (SSSR count). The molecule has 0 bridgehead atoms. The summed E-state index contributed by atoms with van der Waals surface area (Å²) in [5, 5.41) is 20.6. The van der Waals surface area contributed by atoms with E-state index in [0.717, 1.165) is 0 Å². The fourth-order valence-corrected chi connectivity index (χ4v) is 1.85. The molecule has 0 saturated heterocycles. The number of aliphatic hydroxyl groups excluding tert-OH is 1. The van der Waals surface area contributed by atoms with Crippen molar-refractivity contribution in [3.05, 3.63) is 27.8 Å². The third-order valence-corrected chi connectivity index (χ3v) is 3.00. The number of ether oxygens (including phenoxy) is 1. The summed E-state index contributed by atoms with van der Waals surface area (Å²) in [7, 11) is 0. The summed E-state index contributed by atoms with van der Waals surface area (Å²) < 4.78 is 5.57. The lowest BCUT2D eigenvalue weighted by molar-refractivity contribution is -0.384. The number of fused-ring (bicyclic) bond motifs is 1. The van der Waals surface area contributed by atoms with Gasteiger partial charge in [0.15, 0.2) is 0 Å². The first-order valence-electron chi connectivity index (χ1n) is 5.25. The highest BCUT2D eigenvalue weighted by Crippen LogP contribution is 2.38. The molecule has 6 nitrogen and oxygen atoms in total. The van der Waals surface area contributed by atoms with Crippen molar-refractivity contribution in [2.45, 2.75) is 32.0 Å². The fraction of sp³-hybridized carbons (Fsp3) is 0.455. The first-order valence-corrected chi connectivity index (χ1v) is 5.25. The number of nitrogen functional groups attached to an aromatic ring is 1. The molecular formula is C11H14N2O4. The molecule has 0 fully saturated rings. The zero-order valence-corrected chi connectivity index (χ0v) is 9.64. The van der Waals surface area contributed by atoms with Crippen LogP contribution in [0.2, 0.25) is 0 Å². The van der Waals surface area contributed by atoms with E-state index in [-0.39, 0.29) is 11.4 Å². The number of nitro benzene ring substituents is 1. The molecule has 1 aliphatic rings. The lowest BCUT2D eigenvalue weighted by Crippen LogP contribution is -2.46. The molecule has 6 heteroatoms. The Balaban J connectivity index is 2.50. The number of benzene rings is 1. The van der Waals surface area contributed by atoms with E-state index < -0.39 is 16.6 Å². The molecule has 0 saturated carbocycles. The Hall–Kier alpha value is -1.82. The normalized spacial score (nSPS) is 21.5. The lowest BCUT2D eigenvalue weighted by atomic mass is 9.91. The quantitative estimate of drug-likeness (QED) is 0.436. The van der Waals surface area contributed by atoms with Gasteiger partial charge in [0.2, 0.25) is 0 Å². The van der Waals surface area contributed by atoms with Gasteiger partial charge in [0.05, 0.1) is 17.1 Å². The van der Waals surface area contributed by atoms with E-state index in [2.05, 4.69) is 0 Å². The number of nitrogens with zero attached hydrogens (tertiary/aromatic N) is 1. The second-order valence-corrected chi connectivity index (χ2v) is 4.70. The van der Waals surface area contributed by atoms with Gasteiger partial charge in [-0.1, -0.05) is 0 Å². The summed E-state index contributed by atoms with van der Waals surface area (Å²) >= 11 is 0. The minimum absolute atomic E-state index is 0.0873. The average molecular weight is 238 g/mol. The molecule has 0 amide bonds. The Morgan fingerprint density at radius 2 is 2.24 bits per heavy atom. The van der Waals surface area contributed by atoms with Crippen molar-refractivity contribution >= 4 is 11.4 Å².